The third-order valence-electron chi connectivity index (χ3n) is 4.27. The molecule has 2 amide bonds. The van der Waals surface area contributed by atoms with Crippen LogP contribution in [0, 0.1) is 0 Å². The average Bonchev–Trinajstić information content (AvgIpc) is 2.77. The first-order valence-corrected chi connectivity index (χ1v) is 10.4. The number of hydrogen-bond acceptors (Lipinski definition) is 7. The minimum absolute atomic E-state index is 0.0758. The summed E-state index contributed by atoms with van der Waals surface area (Å²) in [6, 6.07) is 11.8. The van der Waals surface area contributed by atoms with Gasteiger partial charge in [-0.05, 0) is 31.2 Å². The Bertz CT molecular complexity index is 947. The third kappa shape index (κ3) is 6.65. The average molecular weight is 447 g/mol. The van der Waals surface area contributed by atoms with Crippen LogP contribution in [0.1, 0.15) is 17.3 Å². The topological polar surface area (TPSA) is 94.2 Å². The molecule has 2 rings (SSSR count). The minimum atomic E-state index is -1.06. The van der Waals surface area contributed by atoms with Crippen LogP contribution in [-0.4, -0.2) is 62.9 Å². The lowest BCUT2D eigenvalue weighted by Crippen LogP contribution is -2.30. The van der Waals surface area contributed by atoms with E-state index in [-0.39, 0.29) is 17.2 Å². The monoisotopic (exact) mass is 446 g/mol. The van der Waals surface area contributed by atoms with Gasteiger partial charge < -0.3 is 24.4 Å². The van der Waals surface area contributed by atoms with Crippen molar-refractivity contribution in [1.82, 2.24) is 4.90 Å². The van der Waals surface area contributed by atoms with E-state index < -0.39 is 18.0 Å². The molecule has 1 N–H and O–H groups in total. The number of esters is 1. The molecule has 2 aromatic rings. The van der Waals surface area contributed by atoms with Crippen molar-refractivity contribution in [2.24, 2.45) is 0 Å². The second-order valence-corrected chi connectivity index (χ2v) is 7.69. The summed E-state index contributed by atoms with van der Waals surface area (Å²) in [4.78, 5) is 39.2. The van der Waals surface area contributed by atoms with Gasteiger partial charge in [0, 0.05) is 25.1 Å². The van der Waals surface area contributed by atoms with Crippen LogP contribution in [0.2, 0.25) is 0 Å². The number of nitrogens with zero attached hydrogens (tertiary/aromatic N) is 1. The summed E-state index contributed by atoms with van der Waals surface area (Å²) in [6.45, 7) is 1.48. The highest BCUT2D eigenvalue weighted by Crippen LogP contribution is 2.29. The van der Waals surface area contributed by atoms with E-state index in [0.717, 1.165) is 0 Å². The molecule has 0 aliphatic carbocycles. The summed E-state index contributed by atoms with van der Waals surface area (Å²) < 4.78 is 15.8. The molecule has 0 spiro atoms. The zero-order chi connectivity index (χ0) is 23.0. The highest BCUT2D eigenvalue weighted by Gasteiger charge is 2.22. The van der Waals surface area contributed by atoms with E-state index in [1.165, 1.54) is 37.8 Å². The summed E-state index contributed by atoms with van der Waals surface area (Å²) >= 11 is 1.24. The maximum atomic E-state index is 12.7. The normalized spacial score (nSPS) is 11.3. The molecule has 0 heterocycles. The van der Waals surface area contributed by atoms with Crippen LogP contribution >= 0.6 is 11.8 Å². The van der Waals surface area contributed by atoms with Gasteiger partial charge in [-0.15, -0.1) is 11.8 Å². The summed E-state index contributed by atoms with van der Waals surface area (Å²) in [5, 5.41) is 2.68. The van der Waals surface area contributed by atoms with E-state index in [1.54, 1.807) is 56.6 Å². The van der Waals surface area contributed by atoms with Crippen LogP contribution in [0.4, 0.5) is 5.69 Å². The van der Waals surface area contributed by atoms with Gasteiger partial charge in [0.1, 0.15) is 11.5 Å². The van der Waals surface area contributed by atoms with Gasteiger partial charge in [0.2, 0.25) is 5.91 Å². The first kappa shape index (κ1) is 24.1. The fourth-order valence-corrected chi connectivity index (χ4v) is 3.47. The van der Waals surface area contributed by atoms with Gasteiger partial charge in [0.15, 0.2) is 6.10 Å². The maximum absolute atomic E-state index is 12.7. The largest absolute Gasteiger partial charge is 0.497 e. The number of benzene rings is 2. The van der Waals surface area contributed by atoms with Crippen LogP contribution < -0.4 is 14.8 Å². The number of methoxy groups -OCH3 is 2. The van der Waals surface area contributed by atoms with Crippen LogP contribution in [-0.2, 0) is 14.3 Å². The predicted molar refractivity (Wildman–Crippen MR) is 119 cm³/mol. The van der Waals surface area contributed by atoms with Gasteiger partial charge in [0.05, 0.1) is 31.2 Å². The Labute approximate surface area is 185 Å². The number of amides is 2. The first-order valence-electron chi connectivity index (χ1n) is 9.42. The summed E-state index contributed by atoms with van der Waals surface area (Å²) in [5.41, 5.74) is 0.686. The van der Waals surface area contributed by atoms with Crippen molar-refractivity contribution >= 4 is 35.2 Å². The Hall–Kier alpha value is -3.20. The van der Waals surface area contributed by atoms with Gasteiger partial charge in [-0.25, -0.2) is 4.79 Å². The fourth-order valence-electron chi connectivity index (χ4n) is 2.45. The Morgan fingerprint density at radius 1 is 1.06 bits per heavy atom. The standard InChI is InChI=1S/C22H26N2O6S/c1-14(21(26)23-17-12-15(28-4)10-11-18(17)29-5)30-22(27)16-8-6-7-9-19(16)31-13-20(25)24(2)3/h6-12,14H,13H2,1-5H3,(H,23,26). The zero-order valence-electron chi connectivity index (χ0n) is 18.1. The highest BCUT2D eigenvalue weighted by molar-refractivity contribution is 8.00. The number of hydrogen-bond donors (Lipinski definition) is 1. The predicted octanol–water partition coefficient (Wildman–Crippen LogP) is 3.07. The number of rotatable bonds is 9. The van der Waals surface area contributed by atoms with E-state index in [1.807, 2.05) is 0 Å². The third-order valence-corrected chi connectivity index (χ3v) is 5.33. The first-order chi connectivity index (χ1) is 14.8. The Morgan fingerprint density at radius 3 is 2.42 bits per heavy atom. The molecular formula is C22H26N2O6S. The lowest BCUT2D eigenvalue weighted by molar-refractivity contribution is -0.126. The second kappa shape index (κ2) is 11.3. The molecular weight excluding hydrogens is 420 g/mol. The molecule has 166 valence electrons. The molecule has 31 heavy (non-hydrogen) atoms. The van der Waals surface area contributed by atoms with E-state index in [4.69, 9.17) is 14.2 Å². The van der Waals surface area contributed by atoms with Gasteiger partial charge in [-0.1, -0.05) is 12.1 Å². The SMILES string of the molecule is COc1ccc(OC)c(NC(=O)C(C)OC(=O)c2ccccc2SCC(=O)N(C)C)c1. The van der Waals surface area contributed by atoms with Crippen molar-refractivity contribution in [3.05, 3.63) is 48.0 Å². The van der Waals surface area contributed by atoms with Gasteiger partial charge in [-0.2, -0.15) is 0 Å². The second-order valence-electron chi connectivity index (χ2n) is 6.68. The van der Waals surface area contributed by atoms with E-state index >= 15 is 0 Å². The van der Waals surface area contributed by atoms with Crippen molar-refractivity contribution in [2.75, 3.05) is 39.4 Å². The lowest BCUT2D eigenvalue weighted by atomic mass is 10.2. The highest BCUT2D eigenvalue weighted by atomic mass is 32.2. The van der Waals surface area contributed by atoms with Crippen molar-refractivity contribution in [2.45, 2.75) is 17.9 Å². The van der Waals surface area contributed by atoms with Gasteiger partial charge >= 0.3 is 5.97 Å². The maximum Gasteiger partial charge on any atom is 0.340 e. The molecule has 0 saturated heterocycles. The number of anilines is 1. The van der Waals surface area contributed by atoms with Crippen LogP contribution in [0.3, 0.4) is 0 Å². The molecule has 1 atom stereocenters. The summed E-state index contributed by atoms with van der Waals surface area (Å²) in [7, 11) is 6.33. The molecule has 2 aromatic carbocycles. The van der Waals surface area contributed by atoms with E-state index in [0.29, 0.717) is 22.1 Å². The van der Waals surface area contributed by atoms with E-state index in [2.05, 4.69) is 5.32 Å². The molecule has 0 radical (unpaired) electrons. The molecule has 1 unspecified atom stereocenters. The number of nitrogens with one attached hydrogen (secondary N) is 1. The van der Waals surface area contributed by atoms with Crippen molar-refractivity contribution in [1.29, 1.82) is 0 Å². The summed E-state index contributed by atoms with van der Waals surface area (Å²) in [6.07, 6.45) is -1.06. The molecule has 0 aliphatic heterocycles. The van der Waals surface area contributed by atoms with Gasteiger partial charge in [0.25, 0.3) is 5.91 Å². The van der Waals surface area contributed by atoms with Crippen LogP contribution in [0.5, 0.6) is 11.5 Å². The van der Waals surface area contributed by atoms with Gasteiger partial charge in [-0.3, -0.25) is 9.59 Å². The Morgan fingerprint density at radius 2 is 1.77 bits per heavy atom. The molecule has 0 saturated carbocycles. The molecule has 0 aliphatic rings. The number of carbonyl (C=O) groups is 3. The fraction of sp³-hybridized carbons (Fsp3) is 0.318. The molecule has 0 aromatic heterocycles. The molecule has 0 fully saturated rings. The number of thioether (sulfide) groups is 1. The minimum Gasteiger partial charge on any atom is -0.497 e. The molecule has 0 bridgehead atoms. The Balaban J connectivity index is 2.07. The van der Waals surface area contributed by atoms with Crippen LogP contribution in [0.15, 0.2) is 47.4 Å². The van der Waals surface area contributed by atoms with E-state index in [9.17, 15) is 14.4 Å². The van der Waals surface area contributed by atoms with Crippen molar-refractivity contribution in [3.63, 3.8) is 0 Å². The Kier molecular flexibility index (Phi) is 8.75. The summed E-state index contributed by atoms with van der Waals surface area (Å²) in [5.74, 6) is -0.0798. The number of carbonyl (C=O) groups excluding carboxylic acids is 3. The zero-order valence-corrected chi connectivity index (χ0v) is 18.9. The molecule has 9 heteroatoms. The smallest absolute Gasteiger partial charge is 0.340 e. The van der Waals surface area contributed by atoms with Crippen LogP contribution in [0.25, 0.3) is 0 Å². The quantitative estimate of drug-likeness (QED) is 0.467. The molecule has 8 nitrogen and oxygen atoms in total. The van der Waals surface area contributed by atoms with Crippen molar-refractivity contribution in [3.8, 4) is 11.5 Å². The lowest BCUT2D eigenvalue weighted by Gasteiger charge is -2.17. The number of ether oxygens (including phenoxy) is 3. The van der Waals surface area contributed by atoms with Crippen molar-refractivity contribution < 1.29 is 28.6 Å².